The average molecular weight is 238 g/mol. The number of hydrogen-bond acceptors (Lipinski definition) is 2. The molecule has 2 rings (SSSR count). The van der Waals surface area contributed by atoms with Crippen LogP contribution in [0.25, 0.3) is 0 Å². The molecular weight excluding hydrogens is 208 g/mol. The molecule has 100 valence electrons. The predicted molar refractivity (Wildman–Crippen MR) is 73.8 cm³/mol. The molecule has 1 aliphatic carbocycles. The summed E-state index contributed by atoms with van der Waals surface area (Å²) in [5.74, 6) is 1.00. The zero-order chi connectivity index (χ0) is 12.3. The Hall–Kier alpha value is -0.0800. The van der Waals surface area contributed by atoms with Gasteiger partial charge < -0.3 is 0 Å². The molecule has 2 nitrogen and oxygen atoms in total. The molecule has 1 aliphatic heterocycles. The summed E-state index contributed by atoms with van der Waals surface area (Å²) in [5.41, 5.74) is 3.84. The van der Waals surface area contributed by atoms with Crippen LogP contribution in [0.4, 0.5) is 0 Å². The van der Waals surface area contributed by atoms with Crippen molar-refractivity contribution in [1.82, 2.24) is 10.4 Å². The first-order valence-corrected chi connectivity index (χ1v) is 7.75. The molecule has 1 heterocycles. The molecule has 1 saturated carbocycles. The van der Waals surface area contributed by atoms with Gasteiger partial charge in [0, 0.05) is 18.1 Å². The maximum Gasteiger partial charge on any atom is 0.0218 e. The zero-order valence-electron chi connectivity index (χ0n) is 11.9. The number of piperidine rings is 1. The lowest BCUT2D eigenvalue weighted by atomic mass is 9.85. The van der Waals surface area contributed by atoms with Crippen LogP contribution < -0.4 is 5.43 Å². The van der Waals surface area contributed by atoms with E-state index in [0.29, 0.717) is 0 Å². The Morgan fingerprint density at radius 3 is 2.06 bits per heavy atom. The molecule has 2 fully saturated rings. The van der Waals surface area contributed by atoms with Crippen LogP contribution in [0.15, 0.2) is 0 Å². The smallest absolute Gasteiger partial charge is 0.0218 e. The first-order valence-electron chi connectivity index (χ1n) is 7.75. The molecule has 2 atom stereocenters. The van der Waals surface area contributed by atoms with Gasteiger partial charge in [-0.25, -0.2) is 5.01 Å². The molecule has 2 aliphatic rings. The quantitative estimate of drug-likeness (QED) is 0.806. The van der Waals surface area contributed by atoms with Gasteiger partial charge >= 0.3 is 0 Å². The van der Waals surface area contributed by atoms with E-state index in [9.17, 15) is 0 Å². The van der Waals surface area contributed by atoms with Crippen LogP contribution in [0.5, 0.6) is 0 Å². The van der Waals surface area contributed by atoms with Gasteiger partial charge in [0.2, 0.25) is 0 Å². The van der Waals surface area contributed by atoms with Crippen molar-refractivity contribution in [1.29, 1.82) is 0 Å². The third-order valence-corrected chi connectivity index (χ3v) is 4.95. The Labute approximate surface area is 107 Å². The molecule has 0 aromatic heterocycles. The number of nitrogens with one attached hydrogen (secondary N) is 1. The topological polar surface area (TPSA) is 15.3 Å². The second-order valence-electron chi connectivity index (χ2n) is 6.29. The Bertz CT molecular complexity index is 211. The van der Waals surface area contributed by atoms with Crippen molar-refractivity contribution >= 4 is 0 Å². The maximum absolute atomic E-state index is 3.84. The van der Waals surface area contributed by atoms with Crippen LogP contribution in [0.3, 0.4) is 0 Å². The summed E-state index contributed by atoms with van der Waals surface area (Å²) in [5, 5.41) is 2.56. The third-order valence-electron chi connectivity index (χ3n) is 4.95. The fourth-order valence-corrected chi connectivity index (χ4v) is 3.59. The molecule has 0 bridgehead atoms. The summed E-state index contributed by atoms with van der Waals surface area (Å²) in [6.07, 6.45) is 11.1. The van der Waals surface area contributed by atoms with E-state index in [4.69, 9.17) is 0 Å². The Kier molecular flexibility index (Phi) is 4.87. The van der Waals surface area contributed by atoms with Crippen LogP contribution in [0.1, 0.15) is 72.1 Å². The van der Waals surface area contributed by atoms with Crippen molar-refractivity contribution in [2.45, 2.75) is 90.3 Å². The highest BCUT2D eigenvalue weighted by Crippen LogP contribution is 2.28. The molecular formula is C15H30N2. The third kappa shape index (κ3) is 3.45. The van der Waals surface area contributed by atoms with Gasteiger partial charge in [0.1, 0.15) is 0 Å². The lowest BCUT2D eigenvalue weighted by Gasteiger charge is -2.42. The normalized spacial score (nSPS) is 40.4. The van der Waals surface area contributed by atoms with E-state index < -0.39 is 0 Å². The number of rotatable bonds is 3. The first kappa shape index (κ1) is 13.4. The molecule has 2 heteroatoms. The monoisotopic (exact) mass is 238 g/mol. The van der Waals surface area contributed by atoms with Crippen molar-refractivity contribution in [3.05, 3.63) is 0 Å². The maximum atomic E-state index is 3.84. The van der Waals surface area contributed by atoms with Crippen LogP contribution in [-0.2, 0) is 0 Å². The predicted octanol–water partition coefficient (Wildman–Crippen LogP) is 3.72. The summed E-state index contributed by atoms with van der Waals surface area (Å²) >= 11 is 0. The Balaban J connectivity index is 1.80. The van der Waals surface area contributed by atoms with Crippen LogP contribution >= 0.6 is 0 Å². The molecule has 0 radical (unpaired) electrons. The summed E-state index contributed by atoms with van der Waals surface area (Å²) in [4.78, 5) is 0. The average Bonchev–Trinajstić information content (AvgIpc) is 2.35. The highest BCUT2D eigenvalue weighted by Gasteiger charge is 2.28. The lowest BCUT2D eigenvalue weighted by Crippen LogP contribution is -2.56. The van der Waals surface area contributed by atoms with E-state index in [1.54, 1.807) is 0 Å². The minimum Gasteiger partial charge on any atom is -0.252 e. The first-order chi connectivity index (χ1) is 8.20. The molecule has 17 heavy (non-hydrogen) atoms. The highest BCUT2D eigenvalue weighted by atomic mass is 15.5. The van der Waals surface area contributed by atoms with E-state index in [0.717, 1.165) is 24.0 Å². The standard InChI is InChI=1S/C15H30N2/c1-4-14-8-10-15(11-9-14)16-17-12(2)6-5-7-13(17)3/h12-16H,4-11H2,1-3H3. The van der Waals surface area contributed by atoms with E-state index in [1.807, 2.05) is 0 Å². The van der Waals surface area contributed by atoms with Gasteiger partial charge in [0.05, 0.1) is 0 Å². The minimum atomic E-state index is 0.725. The second-order valence-corrected chi connectivity index (χ2v) is 6.29. The van der Waals surface area contributed by atoms with Gasteiger partial charge in [-0.3, -0.25) is 5.43 Å². The van der Waals surface area contributed by atoms with E-state index in [-0.39, 0.29) is 0 Å². The fourth-order valence-electron chi connectivity index (χ4n) is 3.59. The molecule has 0 aromatic rings. The van der Waals surface area contributed by atoms with Crippen LogP contribution in [0.2, 0.25) is 0 Å². The molecule has 1 N–H and O–H groups in total. The molecule has 0 aromatic carbocycles. The van der Waals surface area contributed by atoms with Gasteiger partial charge in [0.25, 0.3) is 0 Å². The van der Waals surface area contributed by atoms with Gasteiger partial charge in [-0.2, -0.15) is 0 Å². The van der Waals surface area contributed by atoms with Crippen molar-refractivity contribution in [2.75, 3.05) is 0 Å². The SMILES string of the molecule is CCC1CCC(NN2C(C)CCCC2C)CC1. The summed E-state index contributed by atoms with van der Waals surface area (Å²) in [6.45, 7) is 7.09. The van der Waals surface area contributed by atoms with Gasteiger partial charge in [-0.1, -0.05) is 19.8 Å². The number of hydrazine groups is 1. The molecule has 1 saturated heterocycles. The molecule has 0 amide bonds. The minimum absolute atomic E-state index is 0.725. The largest absolute Gasteiger partial charge is 0.252 e. The zero-order valence-corrected chi connectivity index (χ0v) is 11.9. The van der Waals surface area contributed by atoms with Crippen molar-refractivity contribution in [3.63, 3.8) is 0 Å². The Morgan fingerprint density at radius 2 is 1.53 bits per heavy atom. The van der Waals surface area contributed by atoms with Gasteiger partial charge in [0.15, 0.2) is 0 Å². The summed E-state index contributed by atoms with van der Waals surface area (Å²) in [6, 6.07) is 2.20. The van der Waals surface area contributed by atoms with Crippen molar-refractivity contribution in [2.24, 2.45) is 5.92 Å². The summed E-state index contributed by atoms with van der Waals surface area (Å²) in [7, 11) is 0. The second kappa shape index (κ2) is 6.19. The van der Waals surface area contributed by atoms with Crippen LogP contribution in [0, 0.1) is 5.92 Å². The van der Waals surface area contributed by atoms with Gasteiger partial charge in [-0.05, 0) is 58.3 Å². The van der Waals surface area contributed by atoms with Gasteiger partial charge in [-0.15, -0.1) is 0 Å². The lowest BCUT2D eigenvalue weighted by molar-refractivity contribution is 0.0198. The highest BCUT2D eigenvalue weighted by molar-refractivity contribution is 4.81. The fraction of sp³-hybridized carbons (Fsp3) is 1.00. The summed E-state index contributed by atoms with van der Waals surface area (Å²) < 4.78 is 0. The number of hydrogen-bond donors (Lipinski definition) is 1. The van der Waals surface area contributed by atoms with Crippen LogP contribution in [-0.4, -0.2) is 23.1 Å². The van der Waals surface area contributed by atoms with Crippen molar-refractivity contribution < 1.29 is 0 Å². The molecule has 2 unspecified atom stereocenters. The Morgan fingerprint density at radius 1 is 0.941 bits per heavy atom. The molecule has 0 spiro atoms. The van der Waals surface area contributed by atoms with E-state index in [2.05, 4.69) is 31.2 Å². The van der Waals surface area contributed by atoms with Crippen molar-refractivity contribution in [3.8, 4) is 0 Å². The van der Waals surface area contributed by atoms with E-state index >= 15 is 0 Å². The number of nitrogens with zero attached hydrogens (tertiary/aromatic N) is 1. The van der Waals surface area contributed by atoms with E-state index in [1.165, 1.54) is 51.4 Å².